The quantitative estimate of drug-likeness (QED) is 0.139. The average molecular weight is 616 g/mol. The van der Waals surface area contributed by atoms with E-state index in [1.54, 1.807) is 30.3 Å². The Labute approximate surface area is 242 Å². The Balaban J connectivity index is 1.36. The fourth-order valence-corrected chi connectivity index (χ4v) is 5.53. The minimum Gasteiger partial charge on any atom is -0.504 e. The summed E-state index contributed by atoms with van der Waals surface area (Å²) < 4.78 is 65.7. The highest BCUT2D eigenvalue weighted by Gasteiger charge is 2.20. The third kappa shape index (κ3) is 5.50. The van der Waals surface area contributed by atoms with E-state index in [0.29, 0.717) is 27.5 Å². The fourth-order valence-electron chi connectivity index (χ4n) is 4.31. The zero-order valence-electron chi connectivity index (χ0n) is 21.5. The van der Waals surface area contributed by atoms with Crippen LogP contribution >= 0.6 is 0 Å². The van der Waals surface area contributed by atoms with Gasteiger partial charge in [0.25, 0.3) is 20.2 Å². The van der Waals surface area contributed by atoms with E-state index >= 15 is 0 Å². The largest absolute Gasteiger partial charge is 0.504 e. The predicted molar refractivity (Wildman–Crippen MR) is 155 cm³/mol. The maximum Gasteiger partial charge on any atom is 0.295 e. The molecule has 0 fully saturated rings. The number of nitrogens with zero attached hydrogens (tertiary/aromatic N) is 7. The maximum absolute atomic E-state index is 12.0. The summed E-state index contributed by atoms with van der Waals surface area (Å²) in [6.07, 6.45) is 2.89. The van der Waals surface area contributed by atoms with Crippen LogP contribution in [-0.2, 0) is 20.2 Å². The van der Waals surface area contributed by atoms with Gasteiger partial charge in [0.15, 0.2) is 11.6 Å². The van der Waals surface area contributed by atoms with Crippen molar-refractivity contribution in [2.24, 2.45) is 20.5 Å². The van der Waals surface area contributed by atoms with Crippen LogP contribution in [0.15, 0.2) is 115 Å². The van der Waals surface area contributed by atoms with Crippen LogP contribution in [0.4, 0.5) is 22.9 Å². The Morgan fingerprint density at radius 1 is 0.628 bits per heavy atom. The van der Waals surface area contributed by atoms with Crippen LogP contribution in [0.25, 0.3) is 32.7 Å². The molecule has 3 aromatic carbocycles. The molecule has 0 amide bonds. The molecule has 3 aromatic heterocycles. The van der Waals surface area contributed by atoms with Gasteiger partial charge in [-0.2, -0.15) is 16.8 Å². The first-order valence-electron chi connectivity index (χ1n) is 12.2. The van der Waals surface area contributed by atoms with Crippen molar-refractivity contribution in [1.82, 2.24) is 15.0 Å². The second-order valence-electron chi connectivity index (χ2n) is 9.02. The summed E-state index contributed by atoms with van der Waals surface area (Å²) in [6, 6.07) is 17.5. The number of phenols is 1. The van der Waals surface area contributed by atoms with Gasteiger partial charge < -0.3 is 5.11 Å². The molecule has 0 aliphatic carbocycles. The number of hydrogen-bond acceptors (Lipinski definition) is 12. The number of phenolic OH excluding ortho intramolecular Hbond substituents is 1. The van der Waals surface area contributed by atoms with Gasteiger partial charge in [0, 0.05) is 28.6 Å². The summed E-state index contributed by atoms with van der Waals surface area (Å²) in [6.45, 7) is 0. The summed E-state index contributed by atoms with van der Waals surface area (Å²) in [5.74, 6) is -0.186. The molecule has 0 saturated carbocycles. The van der Waals surface area contributed by atoms with Gasteiger partial charge in [-0.1, -0.05) is 0 Å². The van der Waals surface area contributed by atoms with Gasteiger partial charge in [0.05, 0.1) is 21.6 Å². The van der Waals surface area contributed by atoms with Crippen molar-refractivity contribution < 1.29 is 31.0 Å². The van der Waals surface area contributed by atoms with E-state index < -0.39 is 30.9 Å². The highest BCUT2D eigenvalue weighted by Crippen LogP contribution is 2.40. The first kappa shape index (κ1) is 27.9. The van der Waals surface area contributed by atoms with E-state index in [2.05, 4.69) is 35.4 Å². The number of aromatic hydroxyl groups is 1. The number of hydrogen-bond donors (Lipinski definition) is 3. The zero-order chi connectivity index (χ0) is 30.4. The SMILES string of the molecule is O=S(=O)(O)c1ccc2nc(N=Nc3ccc(N=Nc4cc(S(=O)(=O)O)c5cccnc5c4O)c4ncccc34)ccc2c1. The Morgan fingerprint density at radius 3 is 2.05 bits per heavy atom. The smallest absolute Gasteiger partial charge is 0.295 e. The van der Waals surface area contributed by atoms with Gasteiger partial charge in [0.1, 0.15) is 21.8 Å². The van der Waals surface area contributed by atoms with Crippen molar-refractivity contribution in [3.63, 3.8) is 0 Å². The van der Waals surface area contributed by atoms with Crippen LogP contribution in [0.3, 0.4) is 0 Å². The minimum absolute atomic E-state index is 0.0204. The van der Waals surface area contributed by atoms with E-state index in [-0.39, 0.29) is 33.0 Å². The molecule has 0 saturated heterocycles. The minimum atomic E-state index is -4.67. The standard InChI is InChI=1S/C27H17N7O7S2/c35-27-22(14-23(43(39,40)41)18-4-2-12-29-26(18)27)33-32-21-9-8-20(17-3-1-11-28-25(17)21)31-34-24-10-5-15-13-16(42(36,37)38)6-7-19(15)30-24/h1-14,35H,(H,36,37,38)(H,39,40,41). The molecule has 3 N–H and O–H groups in total. The number of benzene rings is 3. The summed E-state index contributed by atoms with van der Waals surface area (Å²) in [4.78, 5) is 12.0. The van der Waals surface area contributed by atoms with Crippen molar-refractivity contribution in [2.75, 3.05) is 0 Å². The molecule has 0 bridgehead atoms. The van der Waals surface area contributed by atoms with Crippen LogP contribution in [0, 0.1) is 0 Å². The van der Waals surface area contributed by atoms with E-state index in [1.165, 1.54) is 48.8 Å². The Hall–Kier alpha value is -5.29. The lowest BCUT2D eigenvalue weighted by molar-refractivity contribution is 0.478. The molecule has 0 unspecified atom stereocenters. The average Bonchev–Trinajstić information content (AvgIpc) is 2.98. The Morgan fingerprint density at radius 2 is 1.30 bits per heavy atom. The Bertz CT molecular complexity index is 2380. The van der Waals surface area contributed by atoms with Crippen LogP contribution in [0.5, 0.6) is 5.75 Å². The summed E-state index contributed by atoms with van der Waals surface area (Å²) in [5.41, 5.74) is 1.18. The summed E-state index contributed by atoms with van der Waals surface area (Å²) in [5, 5.41) is 28.4. The molecule has 14 nitrogen and oxygen atoms in total. The second-order valence-corrected chi connectivity index (χ2v) is 11.8. The number of aromatic nitrogens is 3. The van der Waals surface area contributed by atoms with Crippen LogP contribution < -0.4 is 0 Å². The highest BCUT2D eigenvalue weighted by molar-refractivity contribution is 7.86. The highest BCUT2D eigenvalue weighted by atomic mass is 32.2. The molecule has 6 aromatic rings. The van der Waals surface area contributed by atoms with Gasteiger partial charge >= 0.3 is 0 Å². The van der Waals surface area contributed by atoms with Crippen molar-refractivity contribution in [3.05, 3.63) is 85.2 Å². The summed E-state index contributed by atoms with van der Waals surface area (Å²) in [7, 11) is -9.02. The van der Waals surface area contributed by atoms with Crippen molar-refractivity contribution >= 4 is 75.8 Å². The lowest BCUT2D eigenvalue weighted by atomic mass is 10.1. The molecule has 0 atom stereocenters. The molecule has 0 spiro atoms. The van der Waals surface area contributed by atoms with E-state index in [0.717, 1.165) is 6.07 Å². The molecular weight excluding hydrogens is 598 g/mol. The van der Waals surface area contributed by atoms with Gasteiger partial charge in [0.2, 0.25) is 0 Å². The number of rotatable bonds is 6. The zero-order valence-corrected chi connectivity index (χ0v) is 23.1. The van der Waals surface area contributed by atoms with Gasteiger partial charge in [-0.3, -0.25) is 19.1 Å². The first-order chi connectivity index (χ1) is 20.5. The van der Waals surface area contributed by atoms with Gasteiger partial charge in [-0.15, -0.1) is 20.5 Å². The van der Waals surface area contributed by atoms with Crippen LogP contribution in [-0.4, -0.2) is 46.0 Å². The molecule has 0 aliphatic heterocycles. The lowest BCUT2D eigenvalue weighted by Gasteiger charge is -2.08. The monoisotopic (exact) mass is 615 g/mol. The van der Waals surface area contributed by atoms with Gasteiger partial charge in [-0.05, 0) is 72.8 Å². The molecule has 6 rings (SSSR count). The molecule has 16 heteroatoms. The number of fused-ring (bicyclic) bond motifs is 3. The lowest BCUT2D eigenvalue weighted by Crippen LogP contribution is -1.99. The van der Waals surface area contributed by atoms with Crippen LogP contribution in [0.1, 0.15) is 0 Å². The predicted octanol–water partition coefficient (Wildman–Crippen LogP) is 6.36. The molecule has 214 valence electrons. The third-order valence-corrected chi connectivity index (χ3v) is 8.02. The topological polar surface area (TPSA) is 217 Å². The fraction of sp³-hybridized carbons (Fsp3) is 0. The number of pyridine rings is 3. The Kier molecular flexibility index (Phi) is 6.82. The van der Waals surface area contributed by atoms with Gasteiger partial charge in [-0.25, -0.2) is 4.98 Å². The van der Waals surface area contributed by atoms with E-state index in [4.69, 9.17) is 0 Å². The summed E-state index contributed by atoms with van der Waals surface area (Å²) >= 11 is 0. The molecule has 0 radical (unpaired) electrons. The molecule has 43 heavy (non-hydrogen) atoms. The normalized spacial score (nSPS) is 12.7. The van der Waals surface area contributed by atoms with E-state index in [1.807, 2.05) is 0 Å². The number of azo groups is 2. The van der Waals surface area contributed by atoms with Crippen molar-refractivity contribution in [2.45, 2.75) is 9.79 Å². The van der Waals surface area contributed by atoms with Crippen molar-refractivity contribution in [1.29, 1.82) is 0 Å². The third-order valence-electron chi connectivity index (χ3n) is 6.28. The molecule has 3 heterocycles. The van der Waals surface area contributed by atoms with Crippen LogP contribution in [0.2, 0.25) is 0 Å². The molecular formula is C27H17N7O7S2. The van der Waals surface area contributed by atoms with Crippen molar-refractivity contribution in [3.8, 4) is 5.75 Å². The molecule has 0 aliphatic rings. The van der Waals surface area contributed by atoms with E-state index in [9.17, 15) is 31.0 Å². The second kappa shape index (κ2) is 10.5. The maximum atomic E-state index is 12.0. The first-order valence-corrected chi connectivity index (χ1v) is 15.0.